The van der Waals surface area contributed by atoms with Crippen LogP contribution in [0.5, 0.6) is 0 Å². The molecule has 0 saturated heterocycles. The summed E-state index contributed by atoms with van der Waals surface area (Å²) >= 11 is 0. The fourth-order valence-corrected chi connectivity index (χ4v) is 1.50. The van der Waals surface area contributed by atoms with E-state index >= 15 is 0 Å². The van der Waals surface area contributed by atoms with Gasteiger partial charge in [0, 0.05) is 12.4 Å². The van der Waals surface area contributed by atoms with E-state index in [0.717, 1.165) is 0 Å². The topological polar surface area (TPSA) is 58.9 Å². The van der Waals surface area contributed by atoms with E-state index in [-0.39, 0.29) is 11.5 Å². The average Bonchev–Trinajstić information content (AvgIpc) is 2.20. The second-order valence-corrected chi connectivity index (χ2v) is 4.90. The van der Waals surface area contributed by atoms with Crippen molar-refractivity contribution in [2.24, 2.45) is 9.98 Å². The molecule has 0 aromatic rings. The van der Waals surface area contributed by atoms with E-state index in [1.807, 2.05) is 0 Å². The van der Waals surface area contributed by atoms with E-state index in [4.69, 9.17) is 0 Å². The van der Waals surface area contributed by atoms with Crippen LogP contribution in [-0.4, -0.2) is 45.4 Å². The van der Waals surface area contributed by atoms with Gasteiger partial charge in [-0.05, 0) is 0 Å². The molecule has 0 radical (unpaired) electrons. The van der Waals surface area contributed by atoms with Crippen molar-refractivity contribution in [3.8, 4) is 0 Å². The Morgan fingerprint density at radius 3 is 1.67 bits per heavy atom. The predicted molar refractivity (Wildman–Crippen MR) is 65.8 cm³/mol. The molecule has 0 unspecified atom stereocenters. The number of hydrogen-bond donors (Lipinski definition) is 0. The Morgan fingerprint density at radius 2 is 1.33 bits per heavy atom. The molecule has 0 aliphatic heterocycles. The van der Waals surface area contributed by atoms with Crippen LogP contribution < -0.4 is 0 Å². The van der Waals surface area contributed by atoms with Gasteiger partial charge in [0.25, 0.3) is 0 Å². The summed E-state index contributed by atoms with van der Waals surface area (Å²) in [6.45, 7) is 7.83. The van der Waals surface area contributed by atoms with Gasteiger partial charge in [-0.25, -0.2) is 8.42 Å². The third-order valence-corrected chi connectivity index (χ3v) is 2.70. The SMILES string of the molecule is C=CCN=CCS(=O)(=O)CC=NCC=C. The lowest BCUT2D eigenvalue weighted by molar-refractivity contribution is 0.604. The zero-order chi connectivity index (χ0) is 11.6. The fourth-order valence-electron chi connectivity index (χ4n) is 0.699. The van der Waals surface area contributed by atoms with E-state index in [0.29, 0.717) is 13.1 Å². The summed E-state index contributed by atoms with van der Waals surface area (Å²) < 4.78 is 22.6. The first-order valence-electron chi connectivity index (χ1n) is 4.51. The highest BCUT2D eigenvalue weighted by atomic mass is 32.2. The zero-order valence-electron chi connectivity index (χ0n) is 8.67. The molecule has 0 aromatic heterocycles. The van der Waals surface area contributed by atoms with Crippen LogP contribution >= 0.6 is 0 Å². The van der Waals surface area contributed by atoms with Gasteiger partial charge in [-0.1, -0.05) is 12.2 Å². The van der Waals surface area contributed by atoms with Crippen LogP contribution in [0.2, 0.25) is 0 Å². The first kappa shape index (κ1) is 13.8. The zero-order valence-corrected chi connectivity index (χ0v) is 9.49. The van der Waals surface area contributed by atoms with Crippen molar-refractivity contribution in [1.82, 2.24) is 0 Å². The highest BCUT2D eigenvalue weighted by Crippen LogP contribution is 1.86. The van der Waals surface area contributed by atoms with Crippen LogP contribution in [-0.2, 0) is 9.84 Å². The summed E-state index contributed by atoms with van der Waals surface area (Å²) in [5.41, 5.74) is 0. The Balaban J connectivity index is 3.97. The van der Waals surface area contributed by atoms with Crippen molar-refractivity contribution >= 4 is 22.3 Å². The number of hydrogen-bond acceptors (Lipinski definition) is 4. The minimum absolute atomic E-state index is 0.0546. The molecule has 0 amide bonds. The van der Waals surface area contributed by atoms with E-state index in [1.54, 1.807) is 12.2 Å². The number of rotatable bonds is 8. The minimum Gasteiger partial charge on any atom is -0.292 e. The second kappa shape index (κ2) is 8.11. The highest BCUT2D eigenvalue weighted by molar-refractivity contribution is 7.92. The van der Waals surface area contributed by atoms with Crippen molar-refractivity contribution in [2.45, 2.75) is 0 Å². The molecule has 0 N–H and O–H groups in total. The van der Waals surface area contributed by atoms with E-state index in [2.05, 4.69) is 23.1 Å². The van der Waals surface area contributed by atoms with Gasteiger partial charge in [0.05, 0.1) is 24.6 Å². The van der Waals surface area contributed by atoms with Crippen LogP contribution in [0.25, 0.3) is 0 Å². The van der Waals surface area contributed by atoms with E-state index in [9.17, 15) is 8.42 Å². The summed E-state index contributed by atoms with van der Waals surface area (Å²) in [6.07, 6.45) is 5.99. The number of aliphatic imine (C=N–C) groups is 2. The molecule has 84 valence electrons. The van der Waals surface area contributed by atoms with Crippen LogP contribution in [0.1, 0.15) is 0 Å². The van der Waals surface area contributed by atoms with Crippen molar-refractivity contribution < 1.29 is 8.42 Å². The molecule has 0 aliphatic rings. The molecule has 0 saturated carbocycles. The van der Waals surface area contributed by atoms with Crippen molar-refractivity contribution in [1.29, 1.82) is 0 Å². The number of sulfone groups is 1. The standard InChI is InChI=1S/C10H16N2O2S/c1-3-5-11-7-9-15(13,14)10-8-12-6-4-2/h3-4,7-8H,1-2,5-6,9-10H2. The van der Waals surface area contributed by atoms with Gasteiger partial charge in [-0.15, -0.1) is 13.2 Å². The predicted octanol–water partition coefficient (Wildman–Crippen LogP) is 0.915. The third-order valence-electron chi connectivity index (χ3n) is 1.38. The first-order chi connectivity index (χ1) is 7.12. The smallest absolute Gasteiger partial charge is 0.160 e. The Labute approximate surface area is 91.1 Å². The molecule has 0 aromatic carbocycles. The Bertz CT molecular complexity index is 314. The summed E-state index contributed by atoms with van der Waals surface area (Å²) in [4.78, 5) is 7.67. The maximum absolute atomic E-state index is 11.3. The van der Waals surface area contributed by atoms with Crippen molar-refractivity contribution in [3.63, 3.8) is 0 Å². The second-order valence-electron chi connectivity index (χ2n) is 2.75. The Hall–Kier alpha value is -1.23. The lowest BCUT2D eigenvalue weighted by Gasteiger charge is -1.94. The van der Waals surface area contributed by atoms with Gasteiger partial charge in [-0.2, -0.15) is 0 Å². The molecule has 0 fully saturated rings. The van der Waals surface area contributed by atoms with Crippen molar-refractivity contribution in [2.75, 3.05) is 24.6 Å². The Kier molecular flexibility index (Phi) is 7.44. The molecule has 0 bridgehead atoms. The van der Waals surface area contributed by atoms with E-state index in [1.165, 1.54) is 12.4 Å². The molecule has 0 aliphatic carbocycles. The van der Waals surface area contributed by atoms with Crippen LogP contribution in [0, 0.1) is 0 Å². The molecule has 0 rings (SSSR count). The minimum atomic E-state index is -3.11. The van der Waals surface area contributed by atoms with Gasteiger partial charge < -0.3 is 0 Å². The molecule has 0 atom stereocenters. The van der Waals surface area contributed by atoms with Gasteiger partial charge >= 0.3 is 0 Å². The lowest BCUT2D eigenvalue weighted by atomic mass is 10.6. The summed E-state index contributed by atoms with van der Waals surface area (Å²) in [5, 5.41) is 0. The molecule has 0 spiro atoms. The average molecular weight is 228 g/mol. The third kappa shape index (κ3) is 9.08. The Morgan fingerprint density at radius 1 is 0.933 bits per heavy atom. The molecule has 15 heavy (non-hydrogen) atoms. The van der Waals surface area contributed by atoms with Gasteiger partial charge in [0.15, 0.2) is 9.84 Å². The van der Waals surface area contributed by atoms with Crippen LogP contribution in [0.4, 0.5) is 0 Å². The molecule has 5 heteroatoms. The molecule has 4 nitrogen and oxygen atoms in total. The van der Waals surface area contributed by atoms with E-state index < -0.39 is 9.84 Å². The summed E-state index contributed by atoms with van der Waals surface area (Å²) in [5.74, 6) is -0.109. The lowest BCUT2D eigenvalue weighted by Crippen LogP contribution is -2.13. The highest BCUT2D eigenvalue weighted by Gasteiger charge is 2.05. The largest absolute Gasteiger partial charge is 0.292 e. The van der Waals surface area contributed by atoms with Crippen LogP contribution in [0.15, 0.2) is 35.3 Å². The first-order valence-corrected chi connectivity index (χ1v) is 6.33. The monoisotopic (exact) mass is 228 g/mol. The van der Waals surface area contributed by atoms with Gasteiger partial charge in [0.1, 0.15) is 0 Å². The maximum atomic E-state index is 11.3. The molecular formula is C10H16N2O2S. The van der Waals surface area contributed by atoms with Crippen LogP contribution in [0.3, 0.4) is 0 Å². The summed E-state index contributed by atoms with van der Waals surface area (Å²) in [7, 11) is -3.11. The molecule has 0 heterocycles. The van der Waals surface area contributed by atoms with Gasteiger partial charge in [0.2, 0.25) is 0 Å². The quantitative estimate of drug-likeness (QED) is 0.458. The normalized spacial score (nSPS) is 12.3. The fraction of sp³-hybridized carbons (Fsp3) is 0.400. The maximum Gasteiger partial charge on any atom is 0.160 e. The number of nitrogens with zero attached hydrogens (tertiary/aromatic N) is 2. The van der Waals surface area contributed by atoms with Crippen molar-refractivity contribution in [3.05, 3.63) is 25.3 Å². The molecular weight excluding hydrogens is 212 g/mol. The summed E-state index contributed by atoms with van der Waals surface area (Å²) in [6, 6.07) is 0. The van der Waals surface area contributed by atoms with Gasteiger partial charge in [-0.3, -0.25) is 9.98 Å².